The molecular formula is C16H12Cl3N5O. The van der Waals surface area contributed by atoms with Gasteiger partial charge in [0.1, 0.15) is 0 Å². The summed E-state index contributed by atoms with van der Waals surface area (Å²) in [6.45, 7) is 0.282. The molecule has 0 spiro atoms. The molecule has 0 radical (unpaired) electrons. The highest BCUT2D eigenvalue weighted by molar-refractivity contribution is 6.35. The van der Waals surface area contributed by atoms with Crippen molar-refractivity contribution < 1.29 is 4.79 Å². The third-order valence-electron chi connectivity index (χ3n) is 3.30. The summed E-state index contributed by atoms with van der Waals surface area (Å²) < 4.78 is 0. The molecule has 1 aromatic heterocycles. The van der Waals surface area contributed by atoms with Crippen molar-refractivity contribution in [1.82, 2.24) is 20.2 Å². The van der Waals surface area contributed by atoms with Crippen LogP contribution in [0.5, 0.6) is 0 Å². The molecule has 0 saturated heterocycles. The number of aromatic nitrogens is 4. The van der Waals surface area contributed by atoms with E-state index in [1.165, 1.54) is 4.80 Å². The van der Waals surface area contributed by atoms with Gasteiger partial charge >= 0.3 is 0 Å². The molecule has 0 aliphatic carbocycles. The smallest absolute Gasteiger partial charge is 0.226 e. The van der Waals surface area contributed by atoms with E-state index in [0.717, 1.165) is 5.56 Å². The Labute approximate surface area is 158 Å². The third-order valence-corrected chi connectivity index (χ3v) is 4.11. The lowest BCUT2D eigenvalue weighted by Gasteiger charge is -2.07. The molecule has 0 aliphatic rings. The highest BCUT2D eigenvalue weighted by atomic mass is 35.5. The summed E-state index contributed by atoms with van der Waals surface area (Å²) in [6.07, 6.45) is 0.166. The summed E-state index contributed by atoms with van der Waals surface area (Å²) in [5.74, 6) is 0.240. The zero-order valence-corrected chi connectivity index (χ0v) is 15.1. The lowest BCUT2D eigenvalue weighted by Crippen LogP contribution is -2.16. The fourth-order valence-electron chi connectivity index (χ4n) is 2.06. The topological polar surface area (TPSA) is 72.7 Å². The number of nitrogens with one attached hydrogen (secondary N) is 1. The van der Waals surface area contributed by atoms with Gasteiger partial charge < -0.3 is 5.32 Å². The maximum absolute atomic E-state index is 12.0. The van der Waals surface area contributed by atoms with Gasteiger partial charge in [-0.05, 0) is 47.7 Å². The van der Waals surface area contributed by atoms with Crippen molar-refractivity contribution in [3.63, 3.8) is 0 Å². The average Bonchev–Trinajstić information content (AvgIpc) is 3.06. The normalized spacial score (nSPS) is 10.7. The first-order chi connectivity index (χ1) is 12.0. The van der Waals surface area contributed by atoms with Crippen LogP contribution in [-0.4, -0.2) is 26.1 Å². The van der Waals surface area contributed by atoms with Gasteiger partial charge in [0, 0.05) is 22.0 Å². The average molecular weight is 397 g/mol. The number of benzene rings is 2. The monoisotopic (exact) mass is 395 g/mol. The van der Waals surface area contributed by atoms with Crippen molar-refractivity contribution in [2.24, 2.45) is 0 Å². The third kappa shape index (κ3) is 4.69. The van der Waals surface area contributed by atoms with E-state index in [4.69, 9.17) is 34.8 Å². The van der Waals surface area contributed by atoms with Crippen LogP contribution < -0.4 is 5.32 Å². The number of tetrazole rings is 1. The molecule has 0 fully saturated rings. The fraction of sp³-hybridized carbons (Fsp3) is 0.125. The van der Waals surface area contributed by atoms with Crippen LogP contribution in [0.25, 0.3) is 11.4 Å². The van der Waals surface area contributed by atoms with E-state index in [1.54, 1.807) is 42.5 Å². The Morgan fingerprint density at radius 1 is 1.04 bits per heavy atom. The van der Waals surface area contributed by atoms with Crippen molar-refractivity contribution in [1.29, 1.82) is 0 Å². The molecule has 6 nitrogen and oxygen atoms in total. The van der Waals surface area contributed by atoms with Gasteiger partial charge in [0.05, 0.1) is 17.3 Å². The van der Waals surface area contributed by atoms with Crippen LogP contribution in [-0.2, 0) is 11.3 Å². The number of carbonyl (C=O) groups is 1. The van der Waals surface area contributed by atoms with Gasteiger partial charge in [-0.3, -0.25) is 4.79 Å². The van der Waals surface area contributed by atoms with Crippen molar-refractivity contribution in [3.05, 3.63) is 57.5 Å². The number of hydrogen-bond donors (Lipinski definition) is 1. The standard InChI is InChI=1S/C16H12Cl3N5O/c17-11-3-1-10(2-4-11)16-21-23-24(22-16)8-7-15(25)20-14-9-12(18)5-6-13(14)19/h1-6,9H,7-8H2,(H,20,25). The van der Waals surface area contributed by atoms with E-state index >= 15 is 0 Å². The Morgan fingerprint density at radius 2 is 1.76 bits per heavy atom. The molecular weight excluding hydrogens is 385 g/mol. The van der Waals surface area contributed by atoms with E-state index in [1.807, 2.05) is 0 Å². The van der Waals surface area contributed by atoms with Crippen LogP contribution in [0, 0.1) is 0 Å². The lowest BCUT2D eigenvalue weighted by atomic mass is 10.2. The van der Waals surface area contributed by atoms with Gasteiger partial charge in [-0.25, -0.2) is 0 Å². The SMILES string of the molecule is O=C(CCn1nnc(-c2ccc(Cl)cc2)n1)Nc1cc(Cl)ccc1Cl. The fourth-order valence-corrected chi connectivity index (χ4v) is 2.52. The molecule has 0 bridgehead atoms. The van der Waals surface area contributed by atoms with Gasteiger partial charge in [-0.1, -0.05) is 34.8 Å². The quantitative estimate of drug-likeness (QED) is 0.696. The van der Waals surface area contributed by atoms with Crippen LogP contribution >= 0.6 is 34.8 Å². The minimum absolute atomic E-state index is 0.166. The van der Waals surface area contributed by atoms with E-state index < -0.39 is 0 Å². The maximum Gasteiger partial charge on any atom is 0.226 e. The highest BCUT2D eigenvalue weighted by Gasteiger charge is 2.10. The number of rotatable bonds is 5. The molecule has 1 amide bonds. The summed E-state index contributed by atoms with van der Waals surface area (Å²) >= 11 is 17.8. The van der Waals surface area contributed by atoms with Crippen LogP contribution in [0.3, 0.4) is 0 Å². The second-order valence-electron chi connectivity index (χ2n) is 5.14. The lowest BCUT2D eigenvalue weighted by molar-refractivity contribution is -0.116. The van der Waals surface area contributed by atoms with E-state index in [9.17, 15) is 4.79 Å². The molecule has 1 N–H and O–H groups in total. The maximum atomic E-state index is 12.0. The second-order valence-corrected chi connectivity index (χ2v) is 6.42. The highest BCUT2D eigenvalue weighted by Crippen LogP contribution is 2.25. The minimum atomic E-state index is -0.227. The van der Waals surface area contributed by atoms with Gasteiger partial charge in [0.15, 0.2) is 0 Å². The number of amides is 1. The number of nitrogens with zero attached hydrogens (tertiary/aromatic N) is 4. The van der Waals surface area contributed by atoms with Crippen LogP contribution in [0.2, 0.25) is 15.1 Å². The summed E-state index contributed by atoms with van der Waals surface area (Å²) in [7, 11) is 0. The predicted octanol–water partition coefficient (Wildman–Crippen LogP) is 4.33. The Balaban J connectivity index is 1.59. The van der Waals surface area contributed by atoms with E-state index in [-0.39, 0.29) is 18.9 Å². The molecule has 9 heteroatoms. The molecule has 0 saturated carbocycles. The van der Waals surface area contributed by atoms with Gasteiger partial charge in [-0.2, -0.15) is 4.80 Å². The number of hydrogen-bond acceptors (Lipinski definition) is 4. The minimum Gasteiger partial charge on any atom is -0.325 e. The van der Waals surface area contributed by atoms with Gasteiger partial charge in [-0.15, -0.1) is 10.2 Å². The van der Waals surface area contributed by atoms with Crippen LogP contribution in [0.1, 0.15) is 6.42 Å². The van der Waals surface area contributed by atoms with Crippen molar-refractivity contribution in [3.8, 4) is 11.4 Å². The molecule has 0 atom stereocenters. The van der Waals surface area contributed by atoms with Crippen molar-refractivity contribution >= 4 is 46.4 Å². The number of anilines is 1. The second kappa shape index (κ2) is 7.82. The van der Waals surface area contributed by atoms with Gasteiger partial charge in [0.25, 0.3) is 0 Å². The molecule has 1 heterocycles. The van der Waals surface area contributed by atoms with Gasteiger partial charge in [0.2, 0.25) is 11.7 Å². The summed E-state index contributed by atoms with van der Waals surface area (Å²) in [6, 6.07) is 12.0. The van der Waals surface area contributed by atoms with E-state index in [0.29, 0.717) is 26.6 Å². The summed E-state index contributed by atoms with van der Waals surface area (Å²) in [4.78, 5) is 13.4. The molecule has 0 aliphatic heterocycles. The molecule has 0 unspecified atom stereocenters. The number of aryl methyl sites for hydroxylation is 1. The Morgan fingerprint density at radius 3 is 2.52 bits per heavy atom. The first-order valence-corrected chi connectivity index (χ1v) is 8.43. The Hall–Kier alpha value is -2.15. The number of halogens is 3. The first-order valence-electron chi connectivity index (χ1n) is 7.30. The molecule has 3 aromatic rings. The summed E-state index contributed by atoms with van der Waals surface area (Å²) in [5, 5.41) is 16.4. The molecule has 25 heavy (non-hydrogen) atoms. The Kier molecular flexibility index (Phi) is 5.53. The predicted molar refractivity (Wildman–Crippen MR) is 98.0 cm³/mol. The van der Waals surface area contributed by atoms with Crippen molar-refractivity contribution in [2.75, 3.05) is 5.32 Å². The zero-order valence-electron chi connectivity index (χ0n) is 12.8. The van der Waals surface area contributed by atoms with Crippen LogP contribution in [0.15, 0.2) is 42.5 Å². The van der Waals surface area contributed by atoms with Crippen LogP contribution in [0.4, 0.5) is 5.69 Å². The van der Waals surface area contributed by atoms with Crippen molar-refractivity contribution in [2.45, 2.75) is 13.0 Å². The largest absolute Gasteiger partial charge is 0.325 e. The number of carbonyl (C=O) groups excluding carboxylic acids is 1. The summed E-state index contributed by atoms with van der Waals surface area (Å²) in [5.41, 5.74) is 1.26. The van der Waals surface area contributed by atoms with E-state index in [2.05, 4.69) is 20.7 Å². The first kappa shape index (κ1) is 17.7. The molecule has 2 aromatic carbocycles. The zero-order chi connectivity index (χ0) is 17.8. The Bertz CT molecular complexity index is 895. The molecule has 128 valence electrons. The molecule has 3 rings (SSSR count).